The minimum Gasteiger partial charge on any atom is -0.463 e. The number of rotatable bonds is 3. The van der Waals surface area contributed by atoms with E-state index in [-0.39, 0.29) is 12.2 Å². The average molecular weight is 240 g/mol. The number of carbonyl (C=O) groups excluding carboxylic acids is 1. The molecule has 4 heteroatoms. The number of hydrogen-bond donors (Lipinski definition) is 0. The topological polar surface area (TPSA) is 26.3 Å². The Balaban J connectivity index is 3.02. The molecule has 0 atom stereocenters. The van der Waals surface area contributed by atoms with Crippen LogP contribution < -0.4 is 0 Å². The van der Waals surface area contributed by atoms with Crippen molar-refractivity contribution >= 4 is 12.0 Å². The van der Waals surface area contributed by atoms with Crippen LogP contribution in [0.2, 0.25) is 0 Å². The molecule has 0 saturated heterocycles. The summed E-state index contributed by atoms with van der Waals surface area (Å²) in [6.07, 6.45) is 1.39. The quantitative estimate of drug-likeness (QED) is 0.599. The van der Waals surface area contributed by atoms with E-state index in [1.54, 1.807) is 6.92 Å². The number of hydrogen-bond acceptors (Lipinski definition) is 2. The zero-order valence-electron chi connectivity index (χ0n) is 10.0. The van der Waals surface area contributed by atoms with E-state index >= 15 is 0 Å². The largest absolute Gasteiger partial charge is 0.463 e. The molecule has 0 unspecified atom stereocenters. The van der Waals surface area contributed by atoms with Crippen molar-refractivity contribution in [3.63, 3.8) is 0 Å². The third-order valence-electron chi connectivity index (χ3n) is 2.28. The van der Waals surface area contributed by atoms with Gasteiger partial charge in [-0.2, -0.15) is 0 Å². The van der Waals surface area contributed by atoms with Gasteiger partial charge in [0.25, 0.3) is 0 Å². The van der Waals surface area contributed by atoms with E-state index in [0.717, 1.165) is 0 Å². The van der Waals surface area contributed by atoms with Crippen molar-refractivity contribution in [2.45, 2.75) is 20.8 Å². The SMILES string of the molecule is CCOC(=O)/C(C)=C/c1cc(F)c(C)c(F)c1. The van der Waals surface area contributed by atoms with Crippen LogP contribution in [0.1, 0.15) is 25.0 Å². The van der Waals surface area contributed by atoms with Crippen LogP contribution in [0.3, 0.4) is 0 Å². The van der Waals surface area contributed by atoms with Gasteiger partial charge in [0.2, 0.25) is 0 Å². The summed E-state index contributed by atoms with van der Waals surface area (Å²) in [7, 11) is 0. The molecule has 0 fully saturated rings. The summed E-state index contributed by atoms with van der Waals surface area (Å²) < 4.78 is 31.3. The van der Waals surface area contributed by atoms with Gasteiger partial charge in [-0.05, 0) is 44.5 Å². The van der Waals surface area contributed by atoms with Crippen LogP contribution in [0, 0.1) is 18.6 Å². The summed E-state index contributed by atoms with van der Waals surface area (Å²) in [6.45, 7) is 4.85. The minimum absolute atomic E-state index is 0.0315. The van der Waals surface area contributed by atoms with Crippen molar-refractivity contribution in [1.29, 1.82) is 0 Å². The number of esters is 1. The third kappa shape index (κ3) is 3.37. The van der Waals surface area contributed by atoms with Gasteiger partial charge in [-0.25, -0.2) is 13.6 Å². The smallest absolute Gasteiger partial charge is 0.333 e. The van der Waals surface area contributed by atoms with Gasteiger partial charge < -0.3 is 4.74 Å². The van der Waals surface area contributed by atoms with E-state index in [1.807, 2.05) is 0 Å². The number of ether oxygens (including phenoxy) is 1. The lowest BCUT2D eigenvalue weighted by Gasteiger charge is -2.03. The lowest BCUT2D eigenvalue weighted by molar-refractivity contribution is -0.138. The normalized spacial score (nSPS) is 11.5. The van der Waals surface area contributed by atoms with Gasteiger partial charge in [0.05, 0.1) is 6.61 Å². The molecule has 0 N–H and O–H groups in total. The first-order chi connectivity index (χ1) is 7.95. The summed E-state index contributed by atoms with van der Waals surface area (Å²) in [5, 5.41) is 0. The first-order valence-corrected chi connectivity index (χ1v) is 5.26. The molecule has 0 heterocycles. The standard InChI is InChI=1S/C13H14F2O2/c1-4-17-13(16)8(2)5-10-6-11(14)9(3)12(15)7-10/h5-7H,4H2,1-3H3/b8-5+. The summed E-state index contributed by atoms with van der Waals surface area (Å²) >= 11 is 0. The van der Waals surface area contributed by atoms with Gasteiger partial charge in [0, 0.05) is 11.1 Å². The molecule has 0 aliphatic carbocycles. The van der Waals surface area contributed by atoms with Crippen LogP contribution in [0.5, 0.6) is 0 Å². The van der Waals surface area contributed by atoms with Crippen molar-refractivity contribution in [3.05, 3.63) is 40.5 Å². The summed E-state index contributed by atoms with van der Waals surface area (Å²) in [5.74, 6) is -1.75. The molecule has 0 aromatic heterocycles. The van der Waals surface area contributed by atoms with Crippen molar-refractivity contribution in [1.82, 2.24) is 0 Å². The molecule has 1 rings (SSSR count). The molecule has 17 heavy (non-hydrogen) atoms. The first-order valence-electron chi connectivity index (χ1n) is 5.26. The molecule has 0 radical (unpaired) electrons. The first kappa shape index (κ1) is 13.4. The van der Waals surface area contributed by atoms with Gasteiger partial charge in [0.1, 0.15) is 11.6 Å². The van der Waals surface area contributed by atoms with E-state index in [2.05, 4.69) is 0 Å². The zero-order chi connectivity index (χ0) is 13.0. The fourth-order valence-corrected chi connectivity index (χ4v) is 1.30. The fourth-order valence-electron chi connectivity index (χ4n) is 1.30. The Morgan fingerprint density at radius 2 is 1.88 bits per heavy atom. The highest BCUT2D eigenvalue weighted by molar-refractivity contribution is 5.92. The molecule has 0 amide bonds. The molecule has 2 nitrogen and oxygen atoms in total. The second kappa shape index (κ2) is 5.57. The second-order valence-corrected chi connectivity index (χ2v) is 3.66. The average Bonchev–Trinajstić information content (AvgIpc) is 2.26. The van der Waals surface area contributed by atoms with Gasteiger partial charge in [-0.1, -0.05) is 0 Å². The summed E-state index contributed by atoms with van der Waals surface area (Å²) in [6, 6.07) is 2.36. The Morgan fingerprint density at radius 1 is 1.35 bits per heavy atom. The van der Waals surface area contributed by atoms with Gasteiger partial charge in [-0.3, -0.25) is 0 Å². The molecular formula is C13H14F2O2. The Morgan fingerprint density at radius 3 is 2.35 bits per heavy atom. The molecule has 1 aromatic carbocycles. The maximum absolute atomic E-state index is 13.3. The number of carbonyl (C=O) groups is 1. The molecule has 92 valence electrons. The summed E-state index contributed by atoms with van der Waals surface area (Å²) in [4.78, 5) is 11.3. The van der Waals surface area contributed by atoms with Crippen LogP contribution in [-0.2, 0) is 9.53 Å². The fraction of sp³-hybridized carbons (Fsp3) is 0.308. The second-order valence-electron chi connectivity index (χ2n) is 3.66. The van der Waals surface area contributed by atoms with Gasteiger partial charge in [-0.15, -0.1) is 0 Å². The van der Waals surface area contributed by atoms with Crippen LogP contribution in [0.4, 0.5) is 8.78 Å². The Hall–Kier alpha value is -1.71. The van der Waals surface area contributed by atoms with E-state index < -0.39 is 17.6 Å². The van der Waals surface area contributed by atoms with Crippen LogP contribution in [0.25, 0.3) is 6.08 Å². The molecule has 0 saturated carbocycles. The number of halogens is 2. The van der Waals surface area contributed by atoms with E-state index in [0.29, 0.717) is 11.1 Å². The highest BCUT2D eigenvalue weighted by atomic mass is 19.1. The van der Waals surface area contributed by atoms with Crippen molar-refractivity contribution in [2.24, 2.45) is 0 Å². The lowest BCUT2D eigenvalue weighted by atomic mass is 10.1. The Bertz CT molecular complexity index is 441. The molecule has 0 aliphatic heterocycles. The maximum atomic E-state index is 13.3. The van der Waals surface area contributed by atoms with Crippen LogP contribution >= 0.6 is 0 Å². The van der Waals surface area contributed by atoms with E-state index in [4.69, 9.17) is 4.74 Å². The predicted octanol–water partition coefficient (Wildman–Crippen LogP) is 3.24. The Kier molecular flexibility index (Phi) is 4.37. The van der Waals surface area contributed by atoms with Gasteiger partial charge in [0.15, 0.2) is 0 Å². The predicted molar refractivity (Wildman–Crippen MR) is 61.4 cm³/mol. The lowest BCUT2D eigenvalue weighted by Crippen LogP contribution is -2.04. The van der Waals surface area contributed by atoms with E-state index in [1.165, 1.54) is 32.1 Å². The van der Waals surface area contributed by atoms with Crippen molar-refractivity contribution in [2.75, 3.05) is 6.61 Å². The van der Waals surface area contributed by atoms with Crippen LogP contribution in [0.15, 0.2) is 17.7 Å². The highest BCUT2D eigenvalue weighted by Gasteiger charge is 2.08. The van der Waals surface area contributed by atoms with Crippen molar-refractivity contribution < 1.29 is 18.3 Å². The maximum Gasteiger partial charge on any atom is 0.333 e. The number of benzene rings is 1. The van der Waals surface area contributed by atoms with Gasteiger partial charge >= 0.3 is 5.97 Å². The molecule has 0 spiro atoms. The van der Waals surface area contributed by atoms with E-state index in [9.17, 15) is 13.6 Å². The summed E-state index contributed by atoms with van der Waals surface area (Å²) in [5.41, 5.74) is 0.571. The molecule has 0 aliphatic rings. The van der Waals surface area contributed by atoms with Crippen LogP contribution in [-0.4, -0.2) is 12.6 Å². The minimum atomic E-state index is -0.632. The third-order valence-corrected chi connectivity index (χ3v) is 2.28. The highest BCUT2D eigenvalue weighted by Crippen LogP contribution is 2.16. The Labute approximate surface area is 98.9 Å². The van der Waals surface area contributed by atoms with Crippen molar-refractivity contribution in [3.8, 4) is 0 Å². The molecule has 0 bridgehead atoms. The zero-order valence-corrected chi connectivity index (χ0v) is 10.0. The monoisotopic (exact) mass is 240 g/mol. The molecule has 1 aromatic rings. The molecular weight excluding hydrogens is 226 g/mol.